The Morgan fingerprint density at radius 2 is 1.84 bits per heavy atom. The number of aliphatic hydroxyl groups is 1. The van der Waals surface area contributed by atoms with Gasteiger partial charge in [-0.15, -0.1) is 0 Å². The fraction of sp³-hybridized carbons (Fsp3) is 0.533. The van der Waals surface area contributed by atoms with Crippen molar-refractivity contribution in [2.24, 2.45) is 0 Å². The lowest BCUT2D eigenvalue weighted by Gasteiger charge is -2.17. The maximum atomic E-state index is 11.5. The van der Waals surface area contributed by atoms with Gasteiger partial charge in [0.1, 0.15) is 5.75 Å². The SMILES string of the molecule is Cc1cc(C)cc(OCCC(=O)NCC(C)(C)O)c1. The van der Waals surface area contributed by atoms with Gasteiger partial charge in [-0.25, -0.2) is 0 Å². The van der Waals surface area contributed by atoms with Crippen LogP contribution in [0.15, 0.2) is 18.2 Å². The lowest BCUT2D eigenvalue weighted by Crippen LogP contribution is -2.38. The summed E-state index contributed by atoms with van der Waals surface area (Å²) >= 11 is 0. The van der Waals surface area contributed by atoms with Crippen molar-refractivity contribution in [2.75, 3.05) is 13.2 Å². The summed E-state index contributed by atoms with van der Waals surface area (Å²) < 4.78 is 5.55. The molecule has 0 unspecified atom stereocenters. The molecule has 1 aromatic rings. The molecule has 0 saturated carbocycles. The van der Waals surface area contributed by atoms with Crippen LogP contribution in [0.3, 0.4) is 0 Å². The standard InChI is InChI=1S/C15H23NO3/c1-11-7-12(2)9-13(8-11)19-6-5-14(17)16-10-15(3,4)18/h7-9,18H,5-6,10H2,1-4H3,(H,16,17). The zero-order valence-corrected chi connectivity index (χ0v) is 12.1. The molecule has 19 heavy (non-hydrogen) atoms. The molecule has 0 aromatic heterocycles. The van der Waals surface area contributed by atoms with Gasteiger partial charge in [0.2, 0.25) is 5.91 Å². The number of hydrogen-bond acceptors (Lipinski definition) is 3. The predicted octanol–water partition coefficient (Wildman–Crippen LogP) is 1.96. The molecule has 0 aliphatic carbocycles. The molecule has 0 aliphatic heterocycles. The molecule has 4 nitrogen and oxygen atoms in total. The second-order valence-electron chi connectivity index (χ2n) is 5.51. The largest absolute Gasteiger partial charge is 0.493 e. The van der Waals surface area contributed by atoms with Gasteiger partial charge < -0.3 is 15.2 Å². The van der Waals surface area contributed by atoms with Crippen LogP contribution in [0.5, 0.6) is 5.75 Å². The number of amides is 1. The summed E-state index contributed by atoms with van der Waals surface area (Å²) in [7, 11) is 0. The molecule has 1 amide bonds. The zero-order chi connectivity index (χ0) is 14.5. The number of hydrogen-bond donors (Lipinski definition) is 2. The molecule has 1 rings (SSSR count). The summed E-state index contributed by atoms with van der Waals surface area (Å²) in [4.78, 5) is 11.5. The first kappa shape index (κ1) is 15.5. The molecule has 0 heterocycles. The molecular weight excluding hydrogens is 242 g/mol. The Balaban J connectivity index is 2.32. The Morgan fingerprint density at radius 1 is 1.26 bits per heavy atom. The molecule has 0 spiro atoms. The van der Waals surface area contributed by atoms with Gasteiger partial charge in [0, 0.05) is 6.54 Å². The molecule has 0 saturated heterocycles. The second kappa shape index (κ2) is 6.57. The molecular formula is C15H23NO3. The van der Waals surface area contributed by atoms with Crippen molar-refractivity contribution < 1.29 is 14.6 Å². The van der Waals surface area contributed by atoms with E-state index in [0.29, 0.717) is 6.61 Å². The first-order valence-corrected chi connectivity index (χ1v) is 6.46. The quantitative estimate of drug-likeness (QED) is 0.826. The fourth-order valence-corrected chi connectivity index (χ4v) is 1.68. The second-order valence-corrected chi connectivity index (χ2v) is 5.51. The van der Waals surface area contributed by atoms with E-state index in [9.17, 15) is 9.90 Å². The van der Waals surface area contributed by atoms with Crippen LogP contribution in [0.25, 0.3) is 0 Å². The number of aryl methyl sites for hydroxylation is 2. The van der Waals surface area contributed by atoms with Gasteiger partial charge in [-0.05, 0) is 51.0 Å². The number of carbonyl (C=O) groups is 1. The number of benzene rings is 1. The minimum absolute atomic E-state index is 0.119. The first-order valence-electron chi connectivity index (χ1n) is 6.46. The Morgan fingerprint density at radius 3 is 2.37 bits per heavy atom. The fourth-order valence-electron chi connectivity index (χ4n) is 1.68. The maximum absolute atomic E-state index is 11.5. The summed E-state index contributed by atoms with van der Waals surface area (Å²) in [6.07, 6.45) is 0.281. The summed E-state index contributed by atoms with van der Waals surface area (Å²) in [5.74, 6) is 0.666. The summed E-state index contributed by atoms with van der Waals surface area (Å²) in [5, 5.41) is 12.1. The lowest BCUT2D eigenvalue weighted by atomic mass is 10.1. The molecule has 0 bridgehead atoms. The smallest absolute Gasteiger partial charge is 0.223 e. The van der Waals surface area contributed by atoms with E-state index in [-0.39, 0.29) is 18.9 Å². The van der Waals surface area contributed by atoms with Crippen LogP contribution >= 0.6 is 0 Å². The van der Waals surface area contributed by atoms with E-state index in [0.717, 1.165) is 16.9 Å². The van der Waals surface area contributed by atoms with E-state index in [1.54, 1.807) is 13.8 Å². The molecule has 1 aromatic carbocycles. The van der Waals surface area contributed by atoms with Crippen LogP contribution in [0.2, 0.25) is 0 Å². The summed E-state index contributed by atoms with van der Waals surface area (Å²) in [6, 6.07) is 5.96. The Bertz CT molecular complexity index is 415. The van der Waals surface area contributed by atoms with Crippen molar-refractivity contribution in [3.8, 4) is 5.75 Å². The molecule has 0 radical (unpaired) electrons. The highest BCUT2D eigenvalue weighted by atomic mass is 16.5. The van der Waals surface area contributed by atoms with Crippen LogP contribution in [-0.2, 0) is 4.79 Å². The van der Waals surface area contributed by atoms with Gasteiger partial charge in [0.05, 0.1) is 18.6 Å². The van der Waals surface area contributed by atoms with Crippen LogP contribution in [0.4, 0.5) is 0 Å². The van der Waals surface area contributed by atoms with E-state index in [2.05, 4.69) is 11.4 Å². The monoisotopic (exact) mass is 265 g/mol. The predicted molar refractivity (Wildman–Crippen MR) is 75.3 cm³/mol. The van der Waals surface area contributed by atoms with E-state index in [1.165, 1.54) is 0 Å². The van der Waals surface area contributed by atoms with Crippen molar-refractivity contribution in [3.05, 3.63) is 29.3 Å². The highest BCUT2D eigenvalue weighted by molar-refractivity contribution is 5.76. The van der Waals surface area contributed by atoms with E-state index in [4.69, 9.17) is 4.74 Å². The molecule has 2 N–H and O–H groups in total. The van der Waals surface area contributed by atoms with Gasteiger partial charge in [0.25, 0.3) is 0 Å². The van der Waals surface area contributed by atoms with E-state index in [1.807, 2.05) is 26.0 Å². The normalized spacial score (nSPS) is 11.2. The minimum atomic E-state index is -0.885. The van der Waals surface area contributed by atoms with Gasteiger partial charge in [-0.1, -0.05) is 6.07 Å². The zero-order valence-electron chi connectivity index (χ0n) is 12.1. The third kappa shape index (κ3) is 6.82. The van der Waals surface area contributed by atoms with Gasteiger partial charge in [-0.2, -0.15) is 0 Å². The number of carbonyl (C=O) groups excluding carboxylic acids is 1. The van der Waals surface area contributed by atoms with Crippen molar-refractivity contribution in [2.45, 2.75) is 39.7 Å². The van der Waals surface area contributed by atoms with Crippen molar-refractivity contribution >= 4 is 5.91 Å². The average molecular weight is 265 g/mol. The topological polar surface area (TPSA) is 58.6 Å². The number of nitrogens with one attached hydrogen (secondary N) is 1. The van der Waals surface area contributed by atoms with Crippen LogP contribution in [0.1, 0.15) is 31.4 Å². The Hall–Kier alpha value is -1.55. The number of ether oxygens (including phenoxy) is 1. The summed E-state index contributed by atoms with van der Waals surface area (Å²) in [5.41, 5.74) is 1.40. The number of rotatable bonds is 6. The molecule has 4 heteroatoms. The summed E-state index contributed by atoms with van der Waals surface area (Å²) in [6.45, 7) is 7.90. The molecule has 0 fully saturated rings. The molecule has 0 atom stereocenters. The maximum Gasteiger partial charge on any atom is 0.223 e. The third-order valence-corrected chi connectivity index (χ3v) is 2.51. The lowest BCUT2D eigenvalue weighted by molar-refractivity contribution is -0.122. The van der Waals surface area contributed by atoms with Gasteiger partial charge >= 0.3 is 0 Å². The van der Waals surface area contributed by atoms with Gasteiger partial charge in [-0.3, -0.25) is 4.79 Å². The van der Waals surface area contributed by atoms with Crippen LogP contribution in [-0.4, -0.2) is 29.8 Å². The highest BCUT2D eigenvalue weighted by Crippen LogP contribution is 2.16. The van der Waals surface area contributed by atoms with Crippen molar-refractivity contribution in [3.63, 3.8) is 0 Å². The van der Waals surface area contributed by atoms with Crippen LogP contribution in [0, 0.1) is 13.8 Å². The Kier molecular flexibility index (Phi) is 5.36. The van der Waals surface area contributed by atoms with E-state index < -0.39 is 5.60 Å². The average Bonchev–Trinajstić information content (AvgIpc) is 2.24. The Labute approximate surface area is 114 Å². The highest BCUT2D eigenvalue weighted by Gasteiger charge is 2.13. The van der Waals surface area contributed by atoms with Crippen LogP contribution < -0.4 is 10.1 Å². The minimum Gasteiger partial charge on any atom is -0.493 e. The molecule has 0 aliphatic rings. The van der Waals surface area contributed by atoms with Crippen molar-refractivity contribution in [1.29, 1.82) is 0 Å². The third-order valence-electron chi connectivity index (χ3n) is 2.51. The first-order chi connectivity index (χ1) is 8.76. The molecule has 106 valence electrons. The van der Waals surface area contributed by atoms with Crippen molar-refractivity contribution in [1.82, 2.24) is 5.32 Å². The van der Waals surface area contributed by atoms with Gasteiger partial charge in [0.15, 0.2) is 0 Å². The van der Waals surface area contributed by atoms with E-state index >= 15 is 0 Å².